The molecule has 2 aromatic heterocycles. The van der Waals surface area contributed by atoms with E-state index in [-0.39, 0.29) is 17.1 Å². The molecule has 0 saturated carbocycles. The Hall–Kier alpha value is -1.99. The second kappa shape index (κ2) is 6.87. The molecule has 146 valence electrons. The summed E-state index contributed by atoms with van der Waals surface area (Å²) in [6.07, 6.45) is 2.98. The van der Waals surface area contributed by atoms with Crippen LogP contribution in [0.3, 0.4) is 0 Å². The molecule has 4 rings (SSSR count). The molecule has 1 fully saturated rings. The van der Waals surface area contributed by atoms with Gasteiger partial charge in [-0.25, -0.2) is 4.68 Å². The second-order valence-corrected chi connectivity index (χ2v) is 8.85. The van der Waals surface area contributed by atoms with Gasteiger partial charge in [0, 0.05) is 61.8 Å². The van der Waals surface area contributed by atoms with Crippen molar-refractivity contribution in [3.05, 3.63) is 45.6 Å². The van der Waals surface area contributed by atoms with E-state index in [1.165, 1.54) is 11.3 Å². The van der Waals surface area contributed by atoms with E-state index in [0.717, 1.165) is 38.4 Å². The SMILES string of the molecule is Cn1ncc2c1CCOC2CN1CC(Cn2nc(C(C)(C)C)ccc2=O)C1. The van der Waals surface area contributed by atoms with Gasteiger partial charge in [0.25, 0.3) is 5.56 Å². The smallest absolute Gasteiger partial charge is 0.266 e. The molecule has 0 radical (unpaired) electrons. The third-order valence-corrected chi connectivity index (χ3v) is 5.62. The summed E-state index contributed by atoms with van der Waals surface area (Å²) in [5.74, 6) is 0.461. The van der Waals surface area contributed by atoms with E-state index < -0.39 is 0 Å². The lowest BCUT2D eigenvalue weighted by Crippen LogP contribution is -2.51. The first-order valence-electron chi connectivity index (χ1n) is 9.74. The van der Waals surface area contributed by atoms with Crippen molar-refractivity contribution in [3.63, 3.8) is 0 Å². The molecule has 0 spiro atoms. The van der Waals surface area contributed by atoms with Crippen LogP contribution >= 0.6 is 0 Å². The summed E-state index contributed by atoms with van der Waals surface area (Å²) in [4.78, 5) is 14.6. The van der Waals surface area contributed by atoms with E-state index in [0.29, 0.717) is 12.5 Å². The summed E-state index contributed by atoms with van der Waals surface area (Å²) < 4.78 is 9.59. The minimum absolute atomic E-state index is 0.0166. The minimum atomic E-state index is -0.0547. The quantitative estimate of drug-likeness (QED) is 0.815. The maximum Gasteiger partial charge on any atom is 0.266 e. The van der Waals surface area contributed by atoms with Crippen molar-refractivity contribution in [1.29, 1.82) is 0 Å². The van der Waals surface area contributed by atoms with Crippen molar-refractivity contribution in [3.8, 4) is 0 Å². The highest BCUT2D eigenvalue weighted by atomic mass is 16.5. The van der Waals surface area contributed by atoms with Gasteiger partial charge in [-0.05, 0) is 6.07 Å². The van der Waals surface area contributed by atoms with Gasteiger partial charge in [0.15, 0.2) is 0 Å². The van der Waals surface area contributed by atoms with Gasteiger partial charge in [-0.2, -0.15) is 10.2 Å². The lowest BCUT2D eigenvalue weighted by atomic mass is 9.92. The van der Waals surface area contributed by atoms with Crippen molar-refractivity contribution >= 4 is 0 Å². The van der Waals surface area contributed by atoms with Gasteiger partial charge in [-0.3, -0.25) is 14.4 Å². The van der Waals surface area contributed by atoms with Crippen LogP contribution in [0.1, 0.15) is 43.8 Å². The van der Waals surface area contributed by atoms with Gasteiger partial charge in [0.2, 0.25) is 0 Å². The lowest BCUT2D eigenvalue weighted by molar-refractivity contribution is -0.0183. The van der Waals surface area contributed by atoms with Crippen LogP contribution in [-0.4, -0.2) is 50.7 Å². The maximum absolute atomic E-state index is 12.2. The summed E-state index contributed by atoms with van der Waals surface area (Å²) >= 11 is 0. The Bertz CT molecular complexity index is 873. The molecule has 0 amide bonds. The monoisotopic (exact) mass is 371 g/mol. The number of hydrogen-bond acceptors (Lipinski definition) is 5. The van der Waals surface area contributed by atoms with Gasteiger partial charge in [-0.1, -0.05) is 20.8 Å². The molecule has 7 nitrogen and oxygen atoms in total. The molecule has 0 bridgehead atoms. The van der Waals surface area contributed by atoms with Crippen molar-refractivity contribution < 1.29 is 4.74 Å². The number of likely N-dealkylation sites (tertiary alicyclic amines) is 1. The van der Waals surface area contributed by atoms with Crippen LogP contribution in [0.2, 0.25) is 0 Å². The number of rotatable bonds is 4. The third-order valence-electron chi connectivity index (χ3n) is 5.62. The Balaban J connectivity index is 1.35. The first kappa shape index (κ1) is 18.4. The zero-order chi connectivity index (χ0) is 19.2. The van der Waals surface area contributed by atoms with Gasteiger partial charge in [0.05, 0.1) is 31.1 Å². The summed E-state index contributed by atoms with van der Waals surface area (Å²) in [6, 6.07) is 3.49. The highest BCUT2D eigenvalue weighted by Gasteiger charge is 2.33. The Morgan fingerprint density at radius 1 is 1.22 bits per heavy atom. The molecule has 27 heavy (non-hydrogen) atoms. The highest BCUT2D eigenvalue weighted by molar-refractivity contribution is 5.23. The second-order valence-electron chi connectivity index (χ2n) is 8.85. The Morgan fingerprint density at radius 2 is 2.00 bits per heavy atom. The minimum Gasteiger partial charge on any atom is -0.372 e. The number of ether oxygens (including phenoxy) is 1. The fraction of sp³-hybridized carbons (Fsp3) is 0.650. The zero-order valence-corrected chi connectivity index (χ0v) is 16.7. The van der Waals surface area contributed by atoms with Crippen LogP contribution < -0.4 is 5.56 Å². The molecule has 0 aromatic carbocycles. The first-order valence-corrected chi connectivity index (χ1v) is 9.74. The molecule has 7 heteroatoms. The summed E-state index contributed by atoms with van der Waals surface area (Å²) in [6.45, 7) is 10.6. The largest absolute Gasteiger partial charge is 0.372 e. The van der Waals surface area contributed by atoms with Crippen LogP contribution in [0.4, 0.5) is 0 Å². The fourth-order valence-corrected chi connectivity index (χ4v) is 3.99. The molecule has 1 unspecified atom stereocenters. The van der Waals surface area contributed by atoms with Crippen molar-refractivity contribution in [2.24, 2.45) is 13.0 Å². The van der Waals surface area contributed by atoms with Gasteiger partial charge in [0.1, 0.15) is 0 Å². The van der Waals surface area contributed by atoms with E-state index in [4.69, 9.17) is 4.74 Å². The van der Waals surface area contributed by atoms with Crippen LogP contribution in [0.25, 0.3) is 0 Å². The summed E-state index contributed by atoms with van der Waals surface area (Å²) in [5, 5.41) is 8.97. The molecule has 1 saturated heterocycles. The summed E-state index contributed by atoms with van der Waals surface area (Å²) in [7, 11) is 2.00. The predicted molar refractivity (Wildman–Crippen MR) is 103 cm³/mol. The zero-order valence-electron chi connectivity index (χ0n) is 16.7. The number of hydrogen-bond donors (Lipinski definition) is 0. The highest BCUT2D eigenvalue weighted by Crippen LogP contribution is 2.29. The Kier molecular flexibility index (Phi) is 4.68. The van der Waals surface area contributed by atoms with E-state index in [9.17, 15) is 4.79 Å². The molecule has 2 aromatic rings. The van der Waals surface area contributed by atoms with Gasteiger partial charge >= 0.3 is 0 Å². The number of aryl methyl sites for hydroxylation is 1. The molecule has 0 N–H and O–H groups in total. The van der Waals surface area contributed by atoms with E-state index in [1.807, 2.05) is 24.0 Å². The van der Waals surface area contributed by atoms with E-state index >= 15 is 0 Å². The topological polar surface area (TPSA) is 65.2 Å². The molecule has 4 heterocycles. The number of nitrogens with zero attached hydrogens (tertiary/aromatic N) is 5. The molecule has 0 aliphatic carbocycles. The Morgan fingerprint density at radius 3 is 2.74 bits per heavy atom. The first-order chi connectivity index (χ1) is 12.8. The normalized spacial score (nSPS) is 21.1. The molecule has 2 aliphatic rings. The van der Waals surface area contributed by atoms with Crippen molar-refractivity contribution in [2.45, 2.75) is 45.3 Å². The van der Waals surface area contributed by atoms with Crippen LogP contribution in [0.5, 0.6) is 0 Å². The molecule has 1 atom stereocenters. The number of fused-ring (bicyclic) bond motifs is 1. The Labute approximate surface area is 159 Å². The van der Waals surface area contributed by atoms with E-state index in [2.05, 4.69) is 35.9 Å². The fourth-order valence-electron chi connectivity index (χ4n) is 3.99. The van der Waals surface area contributed by atoms with Crippen LogP contribution in [0, 0.1) is 5.92 Å². The van der Waals surface area contributed by atoms with Gasteiger partial charge in [-0.15, -0.1) is 0 Å². The molecule has 2 aliphatic heterocycles. The van der Waals surface area contributed by atoms with Gasteiger partial charge < -0.3 is 4.74 Å². The molecular formula is C20H29N5O2. The third kappa shape index (κ3) is 3.71. The average molecular weight is 371 g/mol. The summed E-state index contributed by atoms with van der Waals surface area (Å²) in [5.41, 5.74) is 3.40. The van der Waals surface area contributed by atoms with Crippen molar-refractivity contribution in [1.82, 2.24) is 24.5 Å². The standard InChI is InChI=1S/C20H29N5O2/c1-20(2,3)18-5-6-19(26)25(22-18)12-14-10-24(11-14)13-17-15-9-21-23(4)16(15)7-8-27-17/h5-6,9,14,17H,7-8,10-13H2,1-4H3. The number of aromatic nitrogens is 4. The predicted octanol–water partition coefficient (Wildman–Crippen LogP) is 1.52. The van der Waals surface area contributed by atoms with Crippen LogP contribution in [0.15, 0.2) is 23.1 Å². The molecular weight excluding hydrogens is 342 g/mol. The average Bonchev–Trinajstić information content (AvgIpc) is 2.96. The lowest BCUT2D eigenvalue weighted by Gasteiger charge is -2.41. The van der Waals surface area contributed by atoms with Crippen molar-refractivity contribution in [2.75, 3.05) is 26.2 Å². The van der Waals surface area contributed by atoms with Crippen LogP contribution in [-0.2, 0) is 30.2 Å². The maximum atomic E-state index is 12.2. The van der Waals surface area contributed by atoms with E-state index in [1.54, 1.807) is 10.7 Å².